The summed E-state index contributed by atoms with van der Waals surface area (Å²) in [5.74, 6) is 3.72. The second-order valence-corrected chi connectivity index (χ2v) is 14.0. The fraction of sp³-hybridized carbons (Fsp3) is 0.419. The van der Waals surface area contributed by atoms with Crippen molar-refractivity contribution in [3.63, 3.8) is 0 Å². The maximum atomic E-state index is 5.12. The number of rotatable bonds is 13. The summed E-state index contributed by atoms with van der Waals surface area (Å²) >= 11 is 0. The molecular formula is C43H54N4. The van der Waals surface area contributed by atoms with Crippen molar-refractivity contribution in [2.24, 2.45) is 23.2 Å². The molecule has 2 unspecified atom stereocenters. The largest absolute Gasteiger partial charge is 0.380 e. The summed E-state index contributed by atoms with van der Waals surface area (Å²) in [7, 11) is 0. The van der Waals surface area contributed by atoms with Gasteiger partial charge in [-0.3, -0.25) is 0 Å². The standard InChI is InChI=1S/C43H54N4/c1-7-18-32(9-3)20-16-27-43(5,6)28-26-40-45-41(33-21-12-10-11-13-22-33)47-42(46-40)37-25-17-29-44-39(37)30-38-34(19-8-2)31(4)35-23-14-15-24-36(35)38/h7-8,10-12,14,17-18,21-23,25-26,28-32,34,39,44H,2,9,13,15-16,19-20,24,27H2,1,3-6H3/b18-7-,28-26+,38-30-/t31-,32+,34?,39?/m0/s1. The van der Waals surface area contributed by atoms with Crippen molar-refractivity contribution in [1.29, 1.82) is 0 Å². The van der Waals surface area contributed by atoms with Gasteiger partial charge in [-0.25, -0.2) is 15.0 Å². The highest BCUT2D eigenvalue weighted by atomic mass is 15.0. The average molecular weight is 627 g/mol. The van der Waals surface area contributed by atoms with E-state index >= 15 is 0 Å². The maximum Gasteiger partial charge on any atom is 0.163 e. The lowest BCUT2D eigenvalue weighted by Gasteiger charge is -2.24. The molecule has 246 valence electrons. The summed E-state index contributed by atoms with van der Waals surface area (Å²) in [6.07, 6.45) is 43.8. The molecule has 0 radical (unpaired) electrons. The first-order valence-electron chi connectivity index (χ1n) is 17.8. The molecule has 4 heteroatoms. The topological polar surface area (TPSA) is 50.7 Å². The van der Waals surface area contributed by atoms with Crippen LogP contribution in [0.5, 0.6) is 0 Å². The molecule has 1 aliphatic heterocycles. The third-order valence-electron chi connectivity index (χ3n) is 10.0. The number of nitrogens with one attached hydrogen (secondary N) is 1. The predicted molar refractivity (Wildman–Crippen MR) is 201 cm³/mol. The summed E-state index contributed by atoms with van der Waals surface area (Å²) < 4.78 is 0. The smallest absolute Gasteiger partial charge is 0.163 e. The minimum atomic E-state index is -0.0419. The Balaban J connectivity index is 1.48. The molecule has 1 aromatic rings. The molecule has 0 saturated carbocycles. The van der Waals surface area contributed by atoms with Crippen molar-refractivity contribution in [2.45, 2.75) is 92.0 Å². The quantitative estimate of drug-likeness (QED) is 0.221. The van der Waals surface area contributed by atoms with Crippen molar-refractivity contribution in [1.82, 2.24) is 20.3 Å². The van der Waals surface area contributed by atoms with Crippen LogP contribution in [0.4, 0.5) is 0 Å². The number of hydrogen-bond acceptors (Lipinski definition) is 4. The van der Waals surface area contributed by atoms with Crippen LogP contribution in [0.1, 0.15) is 103 Å². The zero-order valence-electron chi connectivity index (χ0n) is 29.3. The summed E-state index contributed by atoms with van der Waals surface area (Å²) in [5.41, 5.74) is 6.59. The van der Waals surface area contributed by atoms with Gasteiger partial charge in [-0.15, -0.1) is 6.58 Å². The number of allylic oxidation sites excluding steroid dienone is 17. The van der Waals surface area contributed by atoms with Gasteiger partial charge in [-0.05, 0) is 110 Å². The molecule has 4 atom stereocenters. The van der Waals surface area contributed by atoms with E-state index < -0.39 is 0 Å². The Morgan fingerprint density at radius 1 is 1.09 bits per heavy atom. The Labute approximate surface area is 284 Å². The summed E-state index contributed by atoms with van der Waals surface area (Å²) in [6, 6.07) is -0.0419. The highest BCUT2D eigenvalue weighted by Crippen LogP contribution is 2.47. The molecule has 0 aromatic carbocycles. The molecule has 0 saturated heterocycles. The van der Waals surface area contributed by atoms with Crippen LogP contribution in [0.15, 0.2) is 115 Å². The van der Waals surface area contributed by atoms with Gasteiger partial charge >= 0.3 is 0 Å². The van der Waals surface area contributed by atoms with Crippen molar-refractivity contribution in [3.8, 4) is 0 Å². The number of hydrogen-bond donors (Lipinski definition) is 1. The van der Waals surface area contributed by atoms with E-state index in [2.05, 4.69) is 138 Å². The molecule has 1 aromatic heterocycles. The molecule has 47 heavy (non-hydrogen) atoms. The van der Waals surface area contributed by atoms with Crippen LogP contribution < -0.4 is 5.32 Å². The number of aromatic nitrogens is 3. The van der Waals surface area contributed by atoms with Gasteiger partial charge in [0.15, 0.2) is 17.5 Å². The van der Waals surface area contributed by atoms with Crippen LogP contribution in [0.25, 0.3) is 17.2 Å². The molecule has 0 fully saturated rings. The van der Waals surface area contributed by atoms with E-state index in [-0.39, 0.29) is 11.5 Å². The fourth-order valence-corrected chi connectivity index (χ4v) is 7.28. The molecule has 0 spiro atoms. The molecule has 0 bridgehead atoms. The fourth-order valence-electron chi connectivity index (χ4n) is 7.28. The number of dihydropyridines is 1. The first kappa shape index (κ1) is 34.3. The van der Waals surface area contributed by atoms with Crippen LogP contribution >= 0.6 is 0 Å². The van der Waals surface area contributed by atoms with Gasteiger partial charge in [0.05, 0.1) is 6.04 Å². The highest BCUT2D eigenvalue weighted by Gasteiger charge is 2.35. The molecule has 4 nitrogen and oxygen atoms in total. The van der Waals surface area contributed by atoms with E-state index in [4.69, 9.17) is 15.0 Å². The summed E-state index contributed by atoms with van der Waals surface area (Å²) in [5, 5.41) is 3.64. The average Bonchev–Trinajstić information content (AvgIpc) is 3.24. The Kier molecular flexibility index (Phi) is 11.8. The molecule has 1 N–H and O–H groups in total. The van der Waals surface area contributed by atoms with Crippen LogP contribution in [-0.4, -0.2) is 21.0 Å². The Hall–Kier alpha value is -4.05. The SMILES string of the molecule is C=CCC1/C(=C/C2NC=CC=C2c2nc(/C=C/C(C)(C)CCC[C@@H](/C=C\C)CC)nc(C3=CCC=CC=C3)n2)C2=C(C=CCC2)[C@H]1C. The molecule has 5 rings (SSSR count). The lowest BCUT2D eigenvalue weighted by atomic mass is 9.85. The lowest BCUT2D eigenvalue weighted by Crippen LogP contribution is -2.28. The second-order valence-electron chi connectivity index (χ2n) is 14.0. The summed E-state index contributed by atoms with van der Waals surface area (Å²) in [4.78, 5) is 15.2. The monoisotopic (exact) mass is 626 g/mol. The molecule has 2 heterocycles. The molecule has 4 aliphatic rings. The van der Waals surface area contributed by atoms with Gasteiger partial charge in [0.2, 0.25) is 0 Å². The van der Waals surface area contributed by atoms with Gasteiger partial charge in [-0.2, -0.15) is 0 Å². The van der Waals surface area contributed by atoms with Crippen molar-refractivity contribution in [3.05, 3.63) is 132 Å². The Bertz CT molecular complexity index is 1600. The third kappa shape index (κ3) is 8.66. The third-order valence-corrected chi connectivity index (χ3v) is 10.0. The normalized spacial score (nSPS) is 24.1. The van der Waals surface area contributed by atoms with E-state index in [0.717, 1.165) is 49.1 Å². The van der Waals surface area contributed by atoms with Gasteiger partial charge in [0.25, 0.3) is 0 Å². The van der Waals surface area contributed by atoms with Crippen LogP contribution in [0.2, 0.25) is 0 Å². The van der Waals surface area contributed by atoms with Crippen LogP contribution in [0.3, 0.4) is 0 Å². The first-order chi connectivity index (χ1) is 22.8. The van der Waals surface area contributed by atoms with E-state index in [0.29, 0.717) is 29.4 Å². The Morgan fingerprint density at radius 3 is 2.74 bits per heavy atom. The lowest BCUT2D eigenvalue weighted by molar-refractivity contribution is 0.394. The van der Waals surface area contributed by atoms with Gasteiger partial charge < -0.3 is 5.32 Å². The highest BCUT2D eigenvalue weighted by molar-refractivity contribution is 5.75. The van der Waals surface area contributed by atoms with Crippen LogP contribution in [0, 0.1) is 23.2 Å². The Morgan fingerprint density at radius 2 is 1.94 bits per heavy atom. The zero-order chi connectivity index (χ0) is 33.2. The van der Waals surface area contributed by atoms with Gasteiger partial charge in [-0.1, -0.05) is 113 Å². The van der Waals surface area contributed by atoms with Gasteiger partial charge in [0.1, 0.15) is 0 Å². The van der Waals surface area contributed by atoms with Gasteiger partial charge in [0, 0.05) is 11.1 Å². The van der Waals surface area contributed by atoms with Crippen LogP contribution in [-0.2, 0) is 0 Å². The maximum absolute atomic E-state index is 5.12. The molecule has 0 amide bonds. The van der Waals surface area contributed by atoms with Crippen molar-refractivity contribution in [2.75, 3.05) is 0 Å². The van der Waals surface area contributed by atoms with Crippen molar-refractivity contribution >= 4 is 17.2 Å². The summed E-state index contributed by atoms with van der Waals surface area (Å²) in [6.45, 7) is 15.5. The minimum absolute atomic E-state index is 0.0349. The second kappa shape index (κ2) is 16.2. The van der Waals surface area contributed by atoms with E-state index in [1.165, 1.54) is 36.0 Å². The zero-order valence-corrected chi connectivity index (χ0v) is 29.3. The minimum Gasteiger partial charge on any atom is -0.380 e. The van der Waals surface area contributed by atoms with E-state index in [1.54, 1.807) is 0 Å². The number of nitrogens with zero attached hydrogens (tertiary/aromatic N) is 3. The molecular weight excluding hydrogens is 573 g/mol. The van der Waals surface area contributed by atoms with E-state index in [1.807, 2.05) is 6.20 Å². The molecule has 3 aliphatic carbocycles. The van der Waals surface area contributed by atoms with Crippen molar-refractivity contribution < 1.29 is 0 Å². The first-order valence-corrected chi connectivity index (χ1v) is 17.8. The van der Waals surface area contributed by atoms with E-state index in [9.17, 15) is 0 Å². The predicted octanol–water partition coefficient (Wildman–Crippen LogP) is 10.9.